The van der Waals surface area contributed by atoms with Crippen LogP contribution in [0.25, 0.3) is 11.2 Å². The number of sulfonamides is 1. The number of hydrogen-bond acceptors (Lipinski definition) is 6. The number of aromatic nitrogens is 4. The molecule has 0 atom stereocenters. The highest BCUT2D eigenvalue weighted by Gasteiger charge is 2.23. The van der Waals surface area contributed by atoms with Gasteiger partial charge in [-0.2, -0.15) is 9.29 Å². The Morgan fingerprint density at radius 1 is 1.38 bits per heavy atom. The molecule has 1 saturated heterocycles. The maximum Gasteiger partial charge on any atom is 0.224 e. The largest absolute Gasteiger partial charge is 0.325 e. The summed E-state index contributed by atoms with van der Waals surface area (Å²) in [6.07, 6.45) is 1.21. The fourth-order valence-electron chi connectivity index (χ4n) is 2.29. The number of aromatic amines is 1. The number of nitrogens with zero attached hydrogens (tertiary/aromatic N) is 5. The quantitative estimate of drug-likeness (QED) is 0.801. The third-order valence-electron chi connectivity index (χ3n) is 3.37. The first-order chi connectivity index (χ1) is 10.3. The van der Waals surface area contributed by atoms with Crippen molar-refractivity contribution in [2.24, 2.45) is 0 Å². The molecule has 1 aliphatic heterocycles. The van der Waals surface area contributed by atoms with Crippen LogP contribution in [0.15, 0.2) is 6.17 Å². The van der Waals surface area contributed by atoms with Crippen LogP contribution < -0.4 is 0 Å². The normalized spacial score (nSPS) is 19.0. The number of rotatable bonds is 3. The maximum absolute atomic E-state index is 11.5. The monoisotopic (exact) mass is 331 g/mol. The molecule has 3 rings (SSSR count). The average Bonchev–Trinajstić information content (AvgIpc) is 2.81. The molecule has 1 N–H and O–H groups in total. The minimum atomic E-state index is -3.13. The third-order valence-corrected chi connectivity index (χ3v) is 4.84. The Hall–Kier alpha value is -1.29. The Kier molecular flexibility index (Phi) is 3.49. The zero-order valence-electron chi connectivity index (χ0n) is 12.4. The number of hydrogen-bond donors (Lipinski definition) is 1. The Morgan fingerprint density at radius 2 is 2.10 bits per heavy atom. The van der Waals surface area contributed by atoms with Crippen molar-refractivity contribution < 1.29 is 9.79 Å². The molecule has 0 bridgehead atoms. The summed E-state index contributed by atoms with van der Waals surface area (Å²) in [6.45, 7) is 2.72. The highest BCUT2D eigenvalue weighted by atomic mass is 35.5. The summed E-state index contributed by atoms with van der Waals surface area (Å²) in [4.78, 5) is 17.2. The number of imidazole rings is 1. The minimum absolute atomic E-state index is 0.00877. The van der Waals surface area contributed by atoms with Gasteiger partial charge >= 0.3 is 0 Å². The van der Waals surface area contributed by atoms with Crippen LogP contribution in [0.3, 0.4) is 0 Å². The summed E-state index contributed by atoms with van der Waals surface area (Å²) < 4.78 is 32.2. The van der Waals surface area contributed by atoms with Gasteiger partial charge in [0.1, 0.15) is 11.3 Å². The smallest absolute Gasteiger partial charge is 0.224 e. The summed E-state index contributed by atoms with van der Waals surface area (Å²) in [5.74, 6) is 0.660. The van der Waals surface area contributed by atoms with Crippen LogP contribution in [0.2, 0.25) is 5.28 Å². The maximum atomic E-state index is 11.5. The molecule has 0 amide bonds. The van der Waals surface area contributed by atoms with Crippen molar-refractivity contribution in [3.63, 3.8) is 0 Å². The second-order valence-electron chi connectivity index (χ2n) is 4.92. The first-order valence-electron chi connectivity index (χ1n) is 6.89. The van der Waals surface area contributed by atoms with Gasteiger partial charge < -0.3 is 4.98 Å². The number of fused-ring (bicyclic) bond motifs is 1. The van der Waals surface area contributed by atoms with Crippen molar-refractivity contribution in [1.82, 2.24) is 29.1 Å². The second kappa shape index (κ2) is 5.48. The van der Waals surface area contributed by atoms with Gasteiger partial charge in [0.25, 0.3) is 0 Å². The average molecular weight is 332 g/mol. The van der Waals surface area contributed by atoms with E-state index in [2.05, 4.69) is 24.8 Å². The van der Waals surface area contributed by atoms with Crippen LogP contribution in [-0.4, -0.2) is 70.0 Å². The molecular formula is C11H15ClN6O2S. The van der Waals surface area contributed by atoms with E-state index in [1.54, 1.807) is 0 Å². The van der Waals surface area contributed by atoms with E-state index in [9.17, 15) is 8.42 Å². The summed E-state index contributed by atoms with van der Waals surface area (Å²) >= 11 is 5.72. The fraction of sp³-hybridized carbons (Fsp3) is 0.545. The molecule has 8 nitrogen and oxygen atoms in total. The van der Waals surface area contributed by atoms with Gasteiger partial charge in [-0.25, -0.2) is 18.4 Å². The third kappa shape index (κ3) is 3.31. The Labute approximate surface area is 128 Å². The van der Waals surface area contributed by atoms with Gasteiger partial charge in [0.15, 0.2) is 5.65 Å². The number of halogens is 1. The first kappa shape index (κ1) is 13.4. The lowest BCUT2D eigenvalue weighted by atomic mass is 10.3. The van der Waals surface area contributed by atoms with Gasteiger partial charge in [-0.3, -0.25) is 4.90 Å². The summed E-state index contributed by atoms with van der Waals surface area (Å²) in [7, 11) is -3.13. The van der Waals surface area contributed by atoms with Gasteiger partial charge in [-0.05, 0) is 11.6 Å². The van der Waals surface area contributed by atoms with Crippen LogP contribution in [0, 0.1) is 0 Å². The minimum Gasteiger partial charge on any atom is -0.325 e. The highest BCUT2D eigenvalue weighted by Crippen LogP contribution is 2.13. The van der Waals surface area contributed by atoms with E-state index >= 15 is 0 Å². The summed E-state index contributed by atoms with van der Waals surface area (Å²) in [5, 5.41) is 0.00877. The van der Waals surface area contributed by atoms with E-state index in [1.807, 2.05) is 0 Å². The van der Waals surface area contributed by atoms with Crippen LogP contribution in [-0.2, 0) is 16.6 Å². The molecule has 21 heavy (non-hydrogen) atoms. The Balaban J connectivity index is 1.71. The van der Waals surface area contributed by atoms with Crippen molar-refractivity contribution >= 4 is 32.8 Å². The van der Waals surface area contributed by atoms with E-state index in [0.717, 1.165) is 0 Å². The Morgan fingerprint density at radius 3 is 2.76 bits per heavy atom. The molecule has 114 valence electrons. The van der Waals surface area contributed by atoms with Crippen molar-refractivity contribution in [2.75, 3.05) is 32.4 Å². The summed E-state index contributed by atoms with van der Waals surface area (Å²) in [6, 6.07) is 0. The predicted octanol–water partition coefficient (Wildman–Crippen LogP) is 0.0835. The topological polar surface area (TPSA) is 95.1 Å². The molecular weight excluding hydrogens is 316 g/mol. The van der Waals surface area contributed by atoms with Crippen molar-refractivity contribution in [3.05, 3.63) is 17.3 Å². The van der Waals surface area contributed by atoms with Crippen LogP contribution in [0.5, 0.6) is 0 Å². The molecule has 10 heteroatoms. The molecule has 0 unspecified atom stereocenters. The molecule has 1 aliphatic rings. The number of H-pyrrole nitrogens is 1. The molecule has 3 heterocycles. The van der Waals surface area contributed by atoms with E-state index in [4.69, 9.17) is 13.0 Å². The molecule has 0 saturated carbocycles. The SMILES string of the molecule is [2H]c1nc(Cl)nc2[nH]c(CN3CCN(S(C)(=O)=O)CC3)nc12. The van der Waals surface area contributed by atoms with E-state index in [1.165, 1.54) is 10.6 Å². The number of piperazine rings is 1. The van der Waals surface area contributed by atoms with Crippen molar-refractivity contribution in [2.45, 2.75) is 6.54 Å². The van der Waals surface area contributed by atoms with E-state index in [0.29, 0.717) is 49.7 Å². The van der Waals surface area contributed by atoms with Gasteiger partial charge in [0.2, 0.25) is 15.3 Å². The van der Waals surface area contributed by atoms with Crippen LogP contribution in [0.4, 0.5) is 0 Å². The first-order valence-corrected chi connectivity index (χ1v) is 8.62. The van der Waals surface area contributed by atoms with Crippen molar-refractivity contribution in [3.8, 4) is 0 Å². The van der Waals surface area contributed by atoms with Crippen molar-refractivity contribution in [1.29, 1.82) is 0 Å². The van der Waals surface area contributed by atoms with Gasteiger partial charge in [-0.15, -0.1) is 0 Å². The highest BCUT2D eigenvalue weighted by molar-refractivity contribution is 7.88. The van der Waals surface area contributed by atoms with E-state index < -0.39 is 10.0 Å². The number of nitrogens with one attached hydrogen (secondary N) is 1. The zero-order chi connectivity index (χ0) is 15.9. The predicted molar refractivity (Wildman–Crippen MR) is 78.4 cm³/mol. The molecule has 0 aromatic carbocycles. The lowest BCUT2D eigenvalue weighted by molar-refractivity contribution is 0.179. The molecule has 0 aliphatic carbocycles. The molecule has 2 aromatic heterocycles. The van der Waals surface area contributed by atoms with Crippen LogP contribution in [0.1, 0.15) is 7.20 Å². The molecule has 2 aromatic rings. The van der Waals surface area contributed by atoms with Gasteiger partial charge in [0, 0.05) is 26.2 Å². The Bertz CT molecular complexity index is 802. The molecule has 0 spiro atoms. The fourth-order valence-corrected chi connectivity index (χ4v) is 3.25. The molecule has 0 radical (unpaired) electrons. The van der Waals surface area contributed by atoms with Crippen LogP contribution >= 0.6 is 11.6 Å². The van der Waals surface area contributed by atoms with Gasteiger partial charge in [-0.1, -0.05) is 0 Å². The lowest BCUT2D eigenvalue weighted by Crippen LogP contribution is -2.47. The lowest BCUT2D eigenvalue weighted by Gasteiger charge is -2.32. The van der Waals surface area contributed by atoms with Gasteiger partial charge in [0.05, 0.1) is 20.3 Å². The van der Waals surface area contributed by atoms with E-state index in [-0.39, 0.29) is 11.5 Å². The molecule has 1 fully saturated rings. The second-order valence-corrected chi connectivity index (χ2v) is 7.24. The summed E-state index contributed by atoms with van der Waals surface area (Å²) in [5.41, 5.74) is 0.823. The zero-order valence-corrected chi connectivity index (χ0v) is 12.9. The standard InChI is InChI=1S/C11H15ClN6O2S/c1-21(19,20)18-4-2-17(3-5-18)7-9-14-8-6-13-11(12)16-10(8)15-9/h6H,2-5,7H2,1H3,(H,13,14,15,16)/i6D.